The van der Waals surface area contributed by atoms with Crippen molar-refractivity contribution in [3.63, 3.8) is 0 Å². The summed E-state index contributed by atoms with van der Waals surface area (Å²) in [6.07, 6.45) is 6.96. The summed E-state index contributed by atoms with van der Waals surface area (Å²) in [4.78, 5) is 11.7. The number of nitrogens with zero attached hydrogens (tertiary/aromatic N) is 2. The largest absolute Gasteiger partial charge is 0.368 e. The lowest BCUT2D eigenvalue weighted by molar-refractivity contribution is -0.123. The number of carbonyl (C=O) groups excluding carboxylic acids is 1. The topological polar surface area (TPSA) is 64.1 Å². The highest BCUT2D eigenvalue weighted by Crippen LogP contribution is 2.20. The second-order valence-electron chi connectivity index (χ2n) is 4.47. The molecule has 1 aliphatic rings. The van der Waals surface area contributed by atoms with Crippen molar-refractivity contribution in [2.75, 3.05) is 11.9 Å². The van der Waals surface area contributed by atoms with Gasteiger partial charge >= 0.3 is 0 Å². The van der Waals surface area contributed by atoms with Gasteiger partial charge in [0.1, 0.15) is 11.6 Å². The molecule has 0 bridgehead atoms. The van der Waals surface area contributed by atoms with Crippen LogP contribution in [-0.2, 0) is 16.0 Å². The van der Waals surface area contributed by atoms with Crippen LogP contribution in [0, 0.1) is 0 Å². The molecule has 0 unspecified atom stereocenters. The third kappa shape index (κ3) is 4.03. The molecular weight excluding hydrogens is 250 g/mol. The van der Waals surface area contributed by atoms with Crippen molar-refractivity contribution in [1.82, 2.24) is 10.2 Å². The molecule has 0 atom stereocenters. The maximum atomic E-state index is 11.7. The minimum Gasteiger partial charge on any atom is -0.368 e. The van der Waals surface area contributed by atoms with Crippen LogP contribution >= 0.6 is 11.3 Å². The van der Waals surface area contributed by atoms with Gasteiger partial charge in [-0.25, -0.2) is 0 Å². The molecule has 2 rings (SSSR count). The predicted octanol–water partition coefficient (Wildman–Crippen LogP) is 2.39. The molecule has 1 fully saturated rings. The second-order valence-corrected chi connectivity index (χ2v) is 5.54. The number of aryl methyl sites for hydroxylation is 1. The standard InChI is InChI=1S/C12H19N3O2S/c1-2-11-14-15-12(18-11)13-10(16)8-17-9-6-4-3-5-7-9/h9H,2-8H2,1H3,(H,13,15,16). The van der Waals surface area contributed by atoms with Crippen LogP contribution in [0.3, 0.4) is 0 Å². The first-order valence-corrected chi connectivity index (χ1v) is 7.33. The highest BCUT2D eigenvalue weighted by molar-refractivity contribution is 7.15. The molecule has 1 saturated carbocycles. The van der Waals surface area contributed by atoms with Gasteiger partial charge in [0, 0.05) is 0 Å². The Morgan fingerprint density at radius 3 is 2.83 bits per heavy atom. The summed E-state index contributed by atoms with van der Waals surface area (Å²) >= 11 is 1.41. The van der Waals surface area contributed by atoms with Crippen LogP contribution in [0.5, 0.6) is 0 Å². The van der Waals surface area contributed by atoms with E-state index in [1.165, 1.54) is 30.6 Å². The van der Waals surface area contributed by atoms with Gasteiger partial charge in [-0.3, -0.25) is 10.1 Å². The quantitative estimate of drug-likeness (QED) is 0.891. The summed E-state index contributed by atoms with van der Waals surface area (Å²) in [5, 5.41) is 12.1. The average Bonchev–Trinajstić information content (AvgIpc) is 2.85. The third-order valence-electron chi connectivity index (χ3n) is 3.02. The number of amides is 1. The number of hydrogen-bond acceptors (Lipinski definition) is 5. The van der Waals surface area contributed by atoms with Gasteiger partial charge in [-0.2, -0.15) is 0 Å². The van der Waals surface area contributed by atoms with Crippen molar-refractivity contribution in [2.24, 2.45) is 0 Å². The Hall–Kier alpha value is -1.01. The fourth-order valence-corrected chi connectivity index (χ4v) is 2.72. The lowest BCUT2D eigenvalue weighted by Crippen LogP contribution is -2.24. The van der Waals surface area contributed by atoms with Gasteiger partial charge in [-0.05, 0) is 19.3 Å². The number of rotatable bonds is 5. The molecule has 100 valence electrons. The minimum absolute atomic E-state index is 0.117. The van der Waals surface area contributed by atoms with Crippen LogP contribution in [0.1, 0.15) is 44.0 Å². The average molecular weight is 269 g/mol. The smallest absolute Gasteiger partial charge is 0.252 e. The van der Waals surface area contributed by atoms with Crippen LogP contribution in [0.4, 0.5) is 5.13 Å². The molecule has 0 spiro atoms. The Morgan fingerprint density at radius 2 is 2.17 bits per heavy atom. The van der Waals surface area contributed by atoms with Gasteiger partial charge in [0.2, 0.25) is 5.13 Å². The zero-order valence-electron chi connectivity index (χ0n) is 10.6. The van der Waals surface area contributed by atoms with E-state index >= 15 is 0 Å². The first-order chi connectivity index (χ1) is 8.78. The fraction of sp³-hybridized carbons (Fsp3) is 0.750. The molecule has 0 aliphatic heterocycles. The zero-order valence-corrected chi connectivity index (χ0v) is 11.5. The van der Waals surface area contributed by atoms with E-state index in [9.17, 15) is 4.79 Å². The van der Waals surface area contributed by atoms with Crippen LogP contribution in [-0.4, -0.2) is 28.8 Å². The van der Waals surface area contributed by atoms with E-state index in [0.29, 0.717) is 5.13 Å². The minimum atomic E-state index is -0.139. The first-order valence-electron chi connectivity index (χ1n) is 6.51. The van der Waals surface area contributed by atoms with Crippen LogP contribution in [0.15, 0.2) is 0 Å². The number of anilines is 1. The predicted molar refractivity (Wildman–Crippen MR) is 70.7 cm³/mol. The van der Waals surface area contributed by atoms with Crippen molar-refractivity contribution in [3.8, 4) is 0 Å². The number of carbonyl (C=O) groups is 1. The molecule has 1 N–H and O–H groups in total. The van der Waals surface area contributed by atoms with Crippen molar-refractivity contribution in [3.05, 3.63) is 5.01 Å². The normalized spacial score (nSPS) is 16.7. The van der Waals surface area contributed by atoms with Gasteiger partial charge in [0.15, 0.2) is 0 Å². The summed E-state index contributed by atoms with van der Waals surface area (Å²) in [7, 11) is 0. The van der Waals surface area contributed by atoms with E-state index in [2.05, 4.69) is 15.5 Å². The molecule has 0 aromatic carbocycles. The number of aromatic nitrogens is 2. The number of nitrogens with one attached hydrogen (secondary N) is 1. The van der Waals surface area contributed by atoms with Crippen molar-refractivity contribution < 1.29 is 9.53 Å². The van der Waals surface area contributed by atoms with Gasteiger partial charge < -0.3 is 4.74 Å². The van der Waals surface area contributed by atoms with Crippen molar-refractivity contribution in [2.45, 2.75) is 51.6 Å². The van der Waals surface area contributed by atoms with Gasteiger partial charge in [0.25, 0.3) is 5.91 Å². The summed E-state index contributed by atoms with van der Waals surface area (Å²) < 4.78 is 5.59. The van der Waals surface area contributed by atoms with Gasteiger partial charge in [-0.15, -0.1) is 10.2 Å². The first kappa shape index (κ1) is 13.4. The summed E-state index contributed by atoms with van der Waals surface area (Å²) in [5.74, 6) is -0.139. The molecule has 1 aliphatic carbocycles. The zero-order chi connectivity index (χ0) is 12.8. The lowest BCUT2D eigenvalue weighted by atomic mass is 9.98. The summed E-state index contributed by atoms with van der Waals surface area (Å²) in [5.41, 5.74) is 0. The Morgan fingerprint density at radius 1 is 1.39 bits per heavy atom. The maximum absolute atomic E-state index is 11.7. The van der Waals surface area contributed by atoms with E-state index in [1.807, 2.05) is 6.92 Å². The number of hydrogen-bond donors (Lipinski definition) is 1. The SMILES string of the molecule is CCc1nnc(NC(=O)COC2CCCCC2)s1. The second kappa shape index (κ2) is 6.80. The van der Waals surface area contributed by atoms with Gasteiger partial charge in [0.05, 0.1) is 6.10 Å². The maximum Gasteiger partial charge on any atom is 0.252 e. The highest BCUT2D eigenvalue weighted by atomic mass is 32.1. The Bertz CT molecular complexity index is 388. The lowest BCUT2D eigenvalue weighted by Gasteiger charge is -2.21. The Balaban J connectivity index is 1.71. The van der Waals surface area contributed by atoms with Crippen LogP contribution in [0.25, 0.3) is 0 Å². The molecule has 1 aromatic rings. The molecule has 0 saturated heterocycles. The Labute approximate surface area is 111 Å². The monoisotopic (exact) mass is 269 g/mol. The van der Waals surface area contributed by atoms with E-state index in [1.54, 1.807) is 0 Å². The van der Waals surface area contributed by atoms with Crippen molar-refractivity contribution in [1.29, 1.82) is 0 Å². The molecule has 6 heteroatoms. The van der Waals surface area contributed by atoms with E-state index in [4.69, 9.17) is 4.74 Å². The van der Waals surface area contributed by atoms with E-state index in [0.717, 1.165) is 24.3 Å². The molecule has 1 amide bonds. The van der Waals surface area contributed by atoms with Crippen molar-refractivity contribution >= 4 is 22.4 Å². The van der Waals surface area contributed by atoms with E-state index in [-0.39, 0.29) is 18.6 Å². The molecule has 18 heavy (non-hydrogen) atoms. The molecule has 0 radical (unpaired) electrons. The highest BCUT2D eigenvalue weighted by Gasteiger charge is 2.15. The fourth-order valence-electron chi connectivity index (χ4n) is 2.03. The van der Waals surface area contributed by atoms with Crippen LogP contribution < -0.4 is 5.32 Å². The Kier molecular flexibility index (Phi) is 5.07. The third-order valence-corrected chi connectivity index (χ3v) is 4.00. The summed E-state index contributed by atoms with van der Waals surface area (Å²) in [6, 6.07) is 0. The molecule has 1 aromatic heterocycles. The molecule has 5 nitrogen and oxygen atoms in total. The van der Waals surface area contributed by atoms with Gasteiger partial charge in [-0.1, -0.05) is 37.5 Å². The molecule has 1 heterocycles. The van der Waals surface area contributed by atoms with Crippen LogP contribution in [0.2, 0.25) is 0 Å². The summed E-state index contributed by atoms with van der Waals surface area (Å²) in [6.45, 7) is 2.13. The van der Waals surface area contributed by atoms with E-state index < -0.39 is 0 Å². The molecular formula is C12H19N3O2S. The number of ether oxygens (including phenoxy) is 1.